The maximum Gasteiger partial charge on any atom is 0.194 e. The van der Waals surface area contributed by atoms with Crippen molar-refractivity contribution in [2.45, 2.75) is 63.9 Å². The molecule has 0 aliphatic carbocycles. The Kier molecular flexibility index (Phi) is 9.33. The minimum Gasteiger partial charge on any atom is -0.487 e. The Bertz CT molecular complexity index is 1750. The monoisotopic (exact) mass is 657 g/mol. The Morgan fingerprint density at radius 2 is 1.94 bits per heavy atom. The first-order valence-electron chi connectivity index (χ1n) is 17.4. The second-order valence-corrected chi connectivity index (χ2v) is 13.7. The normalized spacial score (nSPS) is 22.7. The summed E-state index contributed by atoms with van der Waals surface area (Å²) in [6, 6.07) is 5.78. The van der Waals surface area contributed by atoms with Gasteiger partial charge >= 0.3 is 0 Å². The molecule has 0 bridgehead atoms. The first-order chi connectivity index (χ1) is 23.3. The molecule has 0 saturated carbocycles. The lowest BCUT2D eigenvalue weighted by Crippen LogP contribution is -2.49. The van der Waals surface area contributed by atoms with Crippen molar-refractivity contribution in [3.8, 4) is 5.75 Å². The van der Waals surface area contributed by atoms with Gasteiger partial charge in [0.25, 0.3) is 0 Å². The molecule has 7 rings (SSSR count). The largest absolute Gasteiger partial charge is 0.487 e. The van der Waals surface area contributed by atoms with Crippen molar-refractivity contribution in [2.75, 3.05) is 75.7 Å². The van der Waals surface area contributed by atoms with E-state index >= 15 is 4.39 Å². The predicted octanol–water partition coefficient (Wildman–Crippen LogP) is 5.35. The zero-order chi connectivity index (χ0) is 33.4. The summed E-state index contributed by atoms with van der Waals surface area (Å²) in [6.07, 6.45) is 15.3. The van der Waals surface area contributed by atoms with Crippen LogP contribution in [0.25, 0.3) is 10.9 Å². The molecule has 256 valence electrons. The Morgan fingerprint density at radius 1 is 1.12 bits per heavy atom. The molecule has 0 radical (unpaired) electrons. The molecule has 10 nitrogen and oxygen atoms in total. The van der Waals surface area contributed by atoms with E-state index in [-0.39, 0.29) is 29.6 Å². The number of anilines is 3. The number of hydrogen-bond acceptors (Lipinski definition) is 9. The number of rotatable bonds is 9. The van der Waals surface area contributed by atoms with E-state index in [4.69, 9.17) is 9.47 Å². The highest BCUT2D eigenvalue weighted by molar-refractivity contribution is 5.92. The number of likely N-dealkylation sites (N-methyl/N-ethyl adjacent to an activating group) is 1. The third kappa shape index (κ3) is 6.25. The fourth-order valence-corrected chi connectivity index (χ4v) is 7.76. The summed E-state index contributed by atoms with van der Waals surface area (Å²) in [5, 5.41) is 3.49. The maximum atomic E-state index is 16.0. The summed E-state index contributed by atoms with van der Waals surface area (Å²) in [5.74, 6) is 0.976. The predicted molar refractivity (Wildman–Crippen MR) is 190 cm³/mol. The molecule has 48 heavy (non-hydrogen) atoms. The molecule has 1 aromatic carbocycles. The van der Waals surface area contributed by atoms with Crippen molar-refractivity contribution in [3.63, 3.8) is 0 Å². The number of hydrogen-bond donors (Lipinski definition) is 1. The van der Waals surface area contributed by atoms with Crippen molar-refractivity contribution in [1.82, 2.24) is 19.4 Å². The lowest BCUT2D eigenvalue weighted by atomic mass is 10.00. The van der Waals surface area contributed by atoms with Gasteiger partial charge in [-0.25, -0.2) is 9.37 Å². The molecule has 3 atom stereocenters. The summed E-state index contributed by atoms with van der Waals surface area (Å²) < 4.78 is 30.1. The van der Waals surface area contributed by atoms with Gasteiger partial charge in [-0.05, 0) is 75.0 Å². The molecule has 1 N–H and O–H groups in total. The second kappa shape index (κ2) is 13.8. The highest BCUT2D eigenvalue weighted by Crippen LogP contribution is 2.42. The number of benzene rings is 1. The SMILES string of the molecule is CNc1ccc(N2CCCC(N(CC3=CC(OC)N(C)C=C3)Cc3cn4c5c(c(N6CCCCC6)c(F)cc5c3=O)OCC4C)C2)cn1. The zero-order valence-electron chi connectivity index (χ0n) is 28.6. The Labute approximate surface area is 282 Å². The van der Waals surface area contributed by atoms with Crippen LogP contribution in [-0.2, 0) is 11.3 Å². The van der Waals surface area contributed by atoms with E-state index in [1.807, 2.05) is 43.7 Å². The number of nitrogens with one attached hydrogen (secondary N) is 1. The van der Waals surface area contributed by atoms with Crippen LogP contribution in [0.5, 0.6) is 5.75 Å². The van der Waals surface area contributed by atoms with Gasteiger partial charge in [-0.3, -0.25) is 9.69 Å². The first-order valence-corrected chi connectivity index (χ1v) is 17.4. The number of piperidine rings is 2. The van der Waals surface area contributed by atoms with E-state index in [0.717, 1.165) is 75.4 Å². The van der Waals surface area contributed by atoms with Crippen LogP contribution in [0, 0.1) is 5.82 Å². The second-order valence-electron chi connectivity index (χ2n) is 13.7. The van der Waals surface area contributed by atoms with Gasteiger partial charge in [0.2, 0.25) is 0 Å². The Balaban J connectivity index is 1.26. The van der Waals surface area contributed by atoms with Gasteiger partial charge in [0.15, 0.2) is 17.0 Å². The minimum absolute atomic E-state index is 0.00714. The maximum absolute atomic E-state index is 16.0. The van der Waals surface area contributed by atoms with Crippen LogP contribution in [0.1, 0.15) is 50.6 Å². The highest BCUT2D eigenvalue weighted by atomic mass is 19.1. The Morgan fingerprint density at radius 3 is 2.69 bits per heavy atom. The average Bonchev–Trinajstić information content (AvgIpc) is 3.12. The number of ether oxygens (including phenoxy) is 2. The van der Waals surface area contributed by atoms with E-state index in [1.165, 1.54) is 6.07 Å². The molecule has 2 saturated heterocycles. The van der Waals surface area contributed by atoms with Gasteiger partial charge in [-0.2, -0.15) is 0 Å². The van der Waals surface area contributed by atoms with Gasteiger partial charge < -0.3 is 34.1 Å². The smallest absolute Gasteiger partial charge is 0.194 e. The summed E-state index contributed by atoms with van der Waals surface area (Å²) in [7, 11) is 5.59. The average molecular weight is 658 g/mol. The highest BCUT2D eigenvalue weighted by Gasteiger charge is 2.32. The van der Waals surface area contributed by atoms with Gasteiger partial charge in [-0.1, -0.05) is 0 Å². The lowest BCUT2D eigenvalue weighted by Gasteiger charge is -2.41. The molecule has 4 aliphatic rings. The van der Waals surface area contributed by atoms with Gasteiger partial charge in [0.05, 0.1) is 28.8 Å². The Hall–Kier alpha value is -4.09. The molecule has 2 fully saturated rings. The molecule has 2 aromatic heterocycles. The first kappa shape index (κ1) is 32.5. The zero-order valence-corrected chi connectivity index (χ0v) is 28.6. The summed E-state index contributed by atoms with van der Waals surface area (Å²) >= 11 is 0. The number of nitrogens with zero attached hydrogens (tertiary/aromatic N) is 6. The van der Waals surface area contributed by atoms with Crippen LogP contribution in [0.3, 0.4) is 0 Å². The van der Waals surface area contributed by atoms with Crippen molar-refractivity contribution in [3.05, 3.63) is 76.1 Å². The molecular weight excluding hydrogens is 609 g/mol. The number of halogens is 1. The van der Waals surface area contributed by atoms with Crippen LogP contribution in [-0.4, -0.2) is 92.2 Å². The molecule has 11 heteroatoms. The molecule has 3 aromatic rings. The van der Waals surface area contributed by atoms with Crippen molar-refractivity contribution >= 4 is 28.1 Å². The van der Waals surface area contributed by atoms with Crippen LogP contribution in [0.15, 0.2) is 59.3 Å². The van der Waals surface area contributed by atoms with Crippen LogP contribution in [0.4, 0.5) is 21.6 Å². The van der Waals surface area contributed by atoms with E-state index in [2.05, 4.69) is 54.7 Å². The number of aromatic nitrogens is 2. The van der Waals surface area contributed by atoms with Crippen molar-refractivity contribution in [1.29, 1.82) is 0 Å². The van der Waals surface area contributed by atoms with Crippen LogP contribution in [0.2, 0.25) is 0 Å². The number of methoxy groups -OCH3 is 1. The third-order valence-electron chi connectivity index (χ3n) is 10.5. The fraction of sp³-hybridized carbons (Fsp3) is 0.514. The quantitative estimate of drug-likeness (QED) is 0.328. The molecule has 0 spiro atoms. The molecular formula is C37H48FN7O3. The molecule has 6 heterocycles. The van der Waals surface area contributed by atoms with Gasteiger partial charge in [0.1, 0.15) is 24.3 Å². The van der Waals surface area contributed by atoms with E-state index in [0.29, 0.717) is 47.6 Å². The standard InChI is InChI=1S/C37H48FN7O3/c1-25-24-48-37-34-30(18-31(38)35(37)42-13-6-5-7-14-42)36(46)27(22-45(25)34)21-44(20-26-12-16-41(3)33(17-26)47-4)29-9-8-15-43(23-29)28-10-11-32(39-2)40-19-28/h10-12,16-19,22,25,29,33H,5-9,13-15,20-21,23-24H2,1-4H3,(H,39,40). The van der Waals surface area contributed by atoms with Crippen LogP contribution < -0.4 is 25.3 Å². The van der Waals surface area contributed by atoms with Gasteiger partial charge in [-0.15, -0.1) is 0 Å². The summed E-state index contributed by atoms with van der Waals surface area (Å²) in [4.78, 5) is 27.9. The van der Waals surface area contributed by atoms with Crippen molar-refractivity contribution < 1.29 is 13.9 Å². The van der Waals surface area contributed by atoms with E-state index in [9.17, 15) is 4.79 Å². The third-order valence-corrected chi connectivity index (χ3v) is 10.5. The summed E-state index contributed by atoms with van der Waals surface area (Å²) in [5.41, 5.74) is 3.99. The molecule has 0 amide bonds. The van der Waals surface area contributed by atoms with E-state index < -0.39 is 0 Å². The lowest BCUT2D eigenvalue weighted by molar-refractivity contribution is 0.0432. The minimum atomic E-state index is -0.375. The van der Waals surface area contributed by atoms with Crippen molar-refractivity contribution in [2.24, 2.45) is 0 Å². The number of pyridine rings is 2. The van der Waals surface area contributed by atoms with Gasteiger partial charge in [0, 0.05) is 84.5 Å². The van der Waals surface area contributed by atoms with Crippen LogP contribution >= 0.6 is 0 Å². The fourth-order valence-electron chi connectivity index (χ4n) is 7.76. The van der Waals surface area contributed by atoms with E-state index in [1.54, 1.807) is 7.11 Å². The molecule has 3 unspecified atom stereocenters. The topological polar surface area (TPSA) is 78.3 Å². The summed E-state index contributed by atoms with van der Waals surface area (Å²) in [6.45, 7) is 6.99. The molecule has 4 aliphatic heterocycles.